The Kier molecular flexibility index (Phi) is 3.81. The molecule has 17 heavy (non-hydrogen) atoms. The smallest absolute Gasteiger partial charge is 0.372 e. The highest BCUT2D eigenvalue weighted by molar-refractivity contribution is 5.86. The zero-order valence-corrected chi connectivity index (χ0v) is 9.98. The molecule has 0 saturated carbocycles. The SMILES string of the molecule is CN1CCCC(NCc2ccoc2C(=O)O)C1. The van der Waals surface area contributed by atoms with Crippen molar-refractivity contribution in [3.8, 4) is 0 Å². The van der Waals surface area contributed by atoms with Crippen LogP contribution >= 0.6 is 0 Å². The maximum Gasteiger partial charge on any atom is 0.372 e. The number of nitrogens with zero attached hydrogens (tertiary/aromatic N) is 1. The molecule has 1 aromatic heterocycles. The molecule has 1 aromatic rings. The number of hydrogen-bond acceptors (Lipinski definition) is 4. The van der Waals surface area contributed by atoms with E-state index in [0.29, 0.717) is 18.2 Å². The third-order valence-electron chi connectivity index (χ3n) is 3.15. The Morgan fingerprint density at radius 3 is 3.24 bits per heavy atom. The van der Waals surface area contributed by atoms with Crippen molar-refractivity contribution in [2.45, 2.75) is 25.4 Å². The molecule has 0 aromatic carbocycles. The third kappa shape index (κ3) is 3.08. The van der Waals surface area contributed by atoms with E-state index in [2.05, 4.69) is 17.3 Å². The molecular weight excluding hydrogens is 220 g/mol. The van der Waals surface area contributed by atoms with Gasteiger partial charge in [0.1, 0.15) is 0 Å². The van der Waals surface area contributed by atoms with Crippen LogP contribution in [0.15, 0.2) is 16.7 Å². The summed E-state index contributed by atoms with van der Waals surface area (Å²) in [6, 6.07) is 2.15. The Balaban J connectivity index is 1.89. The Hall–Kier alpha value is -1.33. The van der Waals surface area contributed by atoms with E-state index < -0.39 is 5.97 Å². The van der Waals surface area contributed by atoms with Gasteiger partial charge in [0.05, 0.1) is 6.26 Å². The molecule has 0 radical (unpaired) electrons. The number of likely N-dealkylation sites (tertiary alicyclic amines) is 1. The number of carboxylic acids is 1. The number of carbonyl (C=O) groups is 1. The number of aromatic carboxylic acids is 1. The predicted octanol–water partition coefficient (Wildman–Crippen LogP) is 1.16. The van der Waals surface area contributed by atoms with Crippen molar-refractivity contribution < 1.29 is 14.3 Å². The minimum atomic E-state index is -1.01. The minimum Gasteiger partial charge on any atom is -0.475 e. The average molecular weight is 238 g/mol. The highest BCUT2D eigenvalue weighted by Crippen LogP contribution is 2.13. The van der Waals surface area contributed by atoms with Gasteiger partial charge >= 0.3 is 5.97 Å². The van der Waals surface area contributed by atoms with Crippen LogP contribution in [0.1, 0.15) is 29.0 Å². The van der Waals surface area contributed by atoms with Gasteiger partial charge in [0, 0.05) is 24.7 Å². The van der Waals surface area contributed by atoms with Crippen LogP contribution in [0.3, 0.4) is 0 Å². The molecule has 5 heteroatoms. The fraction of sp³-hybridized carbons (Fsp3) is 0.583. The standard InChI is InChI=1S/C12H18N2O3/c1-14-5-2-3-10(8-14)13-7-9-4-6-17-11(9)12(15)16/h4,6,10,13H,2-3,5,7-8H2,1H3,(H,15,16). The summed E-state index contributed by atoms with van der Waals surface area (Å²) in [7, 11) is 2.11. The summed E-state index contributed by atoms with van der Waals surface area (Å²) < 4.78 is 4.94. The van der Waals surface area contributed by atoms with E-state index >= 15 is 0 Å². The molecule has 2 heterocycles. The highest BCUT2D eigenvalue weighted by atomic mass is 16.4. The zero-order valence-electron chi connectivity index (χ0n) is 9.98. The molecule has 1 saturated heterocycles. The van der Waals surface area contributed by atoms with Crippen molar-refractivity contribution in [3.63, 3.8) is 0 Å². The van der Waals surface area contributed by atoms with Crippen LogP contribution in [0.25, 0.3) is 0 Å². The Bertz CT molecular complexity index is 389. The molecule has 1 atom stereocenters. The first-order chi connectivity index (χ1) is 8.16. The third-order valence-corrected chi connectivity index (χ3v) is 3.15. The van der Waals surface area contributed by atoms with Crippen molar-refractivity contribution in [3.05, 3.63) is 23.7 Å². The van der Waals surface area contributed by atoms with Gasteiger partial charge in [-0.25, -0.2) is 4.79 Å². The maximum atomic E-state index is 10.9. The van der Waals surface area contributed by atoms with E-state index in [1.165, 1.54) is 12.7 Å². The molecule has 5 nitrogen and oxygen atoms in total. The molecule has 0 spiro atoms. The molecule has 2 N–H and O–H groups in total. The van der Waals surface area contributed by atoms with E-state index in [-0.39, 0.29) is 5.76 Å². The first-order valence-electron chi connectivity index (χ1n) is 5.88. The van der Waals surface area contributed by atoms with Crippen LogP contribution in [-0.2, 0) is 6.54 Å². The number of likely N-dealkylation sites (N-methyl/N-ethyl adjacent to an activating group) is 1. The largest absolute Gasteiger partial charge is 0.475 e. The fourth-order valence-electron chi connectivity index (χ4n) is 2.25. The molecule has 0 amide bonds. The molecule has 94 valence electrons. The summed E-state index contributed by atoms with van der Waals surface area (Å²) in [6.45, 7) is 2.71. The van der Waals surface area contributed by atoms with E-state index in [9.17, 15) is 4.79 Å². The van der Waals surface area contributed by atoms with Crippen molar-refractivity contribution >= 4 is 5.97 Å². The lowest BCUT2D eigenvalue weighted by atomic mass is 10.1. The van der Waals surface area contributed by atoms with E-state index in [1.807, 2.05) is 0 Å². The Morgan fingerprint density at radius 1 is 1.71 bits per heavy atom. The quantitative estimate of drug-likeness (QED) is 0.824. The number of piperidine rings is 1. The second-order valence-electron chi connectivity index (χ2n) is 4.56. The van der Waals surface area contributed by atoms with E-state index in [4.69, 9.17) is 9.52 Å². The molecule has 2 rings (SSSR count). The zero-order chi connectivity index (χ0) is 12.3. The van der Waals surface area contributed by atoms with Crippen molar-refractivity contribution in [1.82, 2.24) is 10.2 Å². The number of nitrogens with one attached hydrogen (secondary N) is 1. The van der Waals surface area contributed by atoms with Gasteiger partial charge in [-0.15, -0.1) is 0 Å². The Morgan fingerprint density at radius 2 is 2.53 bits per heavy atom. The van der Waals surface area contributed by atoms with Gasteiger partial charge in [0.2, 0.25) is 5.76 Å². The van der Waals surface area contributed by atoms with Gasteiger partial charge in [-0.2, -0.15) is 0 Å². The minimum absolute atomic E-state index is 0.0432. The summed E-state index contributed by atoms with van der Waals surface area (Å²) in [4.78, 5) is 13.1. The van der Waals surface area contributed by atoms with Gasteiger partial charge in [-0.05, 0) is 32.5 Å². The van der Waals surface area contributed by atoms with Crippen molar-refractivity contribution in [2.24, 2.45) is 0 Å². The molecule has 0 aliphatic carbocycles. The average Bonchev–Trinajstić information content (AvgIpc) is 2.74. The summed E-state index contributed by atoms with van der Waals surface area (Å²) in [6.07, 6.45) is 3.75. The van der Waals surface area contributed by atoms with Crippen LogP contribution in [0.4, 0.5) is 0 Å². The molecule has 1 aliphatic heterocycles. The highest BCUT2D eigenvalue weighted by Gasteiger charge is 2.18. The molecule has 1 aliphatic rings. The number of furan rings is 1. The number of carboxylic acid groups (broad SMARTS) is 1. The van der Waals surface area contributed by atoms with Crippen LogP contribution in [0.2, 0.25) is 0 Å². The summed E-state index contributed by atoms with van der Waals surface area (Å²) in [5, 5.41) is 12.3. The topological polar surface area (TPSA) is 65.7 Å². The summed E-state index contributed by atoms with van der Waals surface area (Å²) >= 11 is 0. The van der Waals surface area contributed by atoms with Gasteiger partial charge < -0.3 is 19.7 Å². The second kappa shape index (κ2) is 5.33. The monoisotopic (exact) mass is 238 g/mol. The summed E-state index contributed by atoms with van der Waals surface area (Å²) in [5.41, 5.74) is 0.714. The second-order valence-corrected chi connectivity index (χ2v) is 4.56. The first-order valence-corrected chi connectivity index (χ1v) is 5.88. The van der Waals surface area contributed by atoms with Crippen LogP contribution in [-0.4, -0.2) is 42.2 Å². The molecule has 0 bridgehead atoms. The van der Waals surface area contributed by atoms with Crippen molar-refractivity contribution in [2.75, 3.05) is 20.1 Å². The molecule has 1 fully saturated rings. The van der Waals surface area contributed by atoms with Crippen LogP contribution in [0.5, 0.6) is 0 Å². The predicted molar refractivity (Wildman–Crippen MR) is 63.0 cm³/mol. The first kappa shape index (κ1) is 12.1. The van der Waals surface area contributed by atoms with E-state index in [1.54, 1.807) is 6.07 Å². The fourth-order valence-corrected chi connectivity index (χ4v) is 2.25. The lowest BCUT2D eigenvalue weighted by Crippen LogP contribution is -2.43. The van der Waals surface area contributed by atoms with Gasteiger partial charge in [-0.3, -0.25) is 0 Å². The summed E-state index contributed by atoms with van der Waals surface area (Å²) in [5.74, 6) is -0.964. The normalized spacial score (nSPS) is 21.6. The lowest BCUT2D eigenvalue weighted by Gasteiger charge is -2.30. The van der Waals surface area contributed by atoms with Crippen LogP contribution < -0.4 is 5.32 Å². The van der Waals surface area contributed by atoms with Gasteiger partial charge in [0.15, 0.2) is 0 Å². The maximum absolute atomic E-state index is 10.9. The van der Waals surface area contributed by atoms with Crippen LogP contribution in [0, 0.1) is 0 Å². The van der Waals surface area contributed by atoms with Gasteiger partial charge in [-0.1, -0.05) is 0 Å². The van der Waals surface area contributed by atoms with Crippen molar-refractivity contribution in [1.29, 1.82) is 0 Å². The van der Waals surface area contributed by atoms with E-state index in [0.717, 1.165) is 19.5 Å². The lowest BCUT2D eigenvalue weighted by molar-refractivity contribution is 0.0660. The Labute approximate surface area is 100 Å². The molecule has 1 unspecified atom stereocenters. The number of rotatable bonds is 4. The van der Waals surface area contributed by atoms with Gasteiger partial charge in [0.25, 0.3) is 0 Å². The number of hydrogen-bond donors (Lipinski definition) is 2. The molecular formula is C12H18N2O3.